The number of ether oxygens (including phenoxy) is 1. The van der Waals surface area contributed by atoms with Crippen molar-refractivity contribution in [2.45, 2.75) is 52.1 Å². The van der Waals surface area contributed by atoms with Crippen molar-refractivity contribution in [3.05, 3.63) is 15.6 Å². The van der Waals surface area contributed by atoms with E-state index in [2.05, 4.69) is 18.8 Å². The molecule has 0 saturated heterocycles. The summed E-state index contributed by atoms with van der Waals surface area (Å²) in [5, 5.41) is 10.2. The van der Waals surface area contributed by atoms with Gasteiger partial charge in [0.1, 0.15) is 4.88 Å². The van der Waals surface area contributed by atoms with Crippen LogP contribution in [0.4, 0.5) is 0 Å². The molecule has 20 heavy (non-hydrogen) atoms. The summed E-state index contributed by atoms with van der Waals surface area (Å²) in [5.41, 5.74) is 0.575. The summed E-state index contributed by atoms with van der Waals surface area (Å²) in [7, 11) is 1.57. The fraction of sp³-hybridized carbons (Fsp3) is 0.733. The lowest BCUT2D eigenvalue weighted by Crippen LogP contribution is -2.17. The van der Waals surface area contributed by atoms with Gasteiger partial charge in [0, 0.05) is 13.0 Å². The minimum atomic E-state index is -0.892. The smallest absolute Gasteiger partial charge is 0.347 e. The van der Waals surface area contributed by atoms with Crippen LogP contribution in [0.2, 0.25) is 0 Å². The van der Waals surface area contributed by atoms with E-state index in [4.69, 9.17) is 4.74 Å². The zero-order valence-corrected chi connectivity index (χ0v) is 13.2. The molecule has 0 bridgehead atoms. The largest absolute Gasteiger partial charge is 0.477 e. The number of carboxylic acid groups (broad SMARTS) is 1. The summed E-state index contributed by atoms with van der Waals surface area (Å²) < 4.78 is 5.05. The second-order valence-corrected chi connectivity index (χ2v) is 6.95. The predicted molar refractivity (Wildman–Crippen MR) is 79.3 cm³/mol. The lowest BCUT2D eigenvalue weighted by molar-refractivity contribution is 0.0697. The summed E-state index contributed by atoms with van der Waals surface area (Å²) >= 11 is 1.33. The number of rotatable bonds is 5. The second kappa shape index (κ2) is 6.68. The molecule has 1 fully saturated rings. The molecule has 0 unspecified atom stereocenters. The normalized spacial score (nSPS) is 23.2. The number of carboxylic acids is 1. The minimum Gasteiger partial charge on any atom is -0.477 e. The van der Waals surface area contributed by atoms with Crippen molar-refractivity contribution < 1.29 is 14.6 Å². The molecule has 0 aromatic carbocycles. The first-order valence-electron chi connectivity index (χ1n) is 7.24. The highest BCUT2D eigenvalue weighted by Gasteiger charge is 2.28. The first-order chi connectivity index (χ1) is 9.52. The highest BCUT2D eigenvalue weighted by molar-refractivity contribution is 7.13. The van der Waals surface area contributed by atoms with Crippen LogP contribution < -0.4 is 0 Å². The van der Waals surface area contributed by atoms with E-state index < -0.39 is 5.97 Å². The lowest BCUT2D eigenvalue weighted by atomic mass is 9.77. The van der Waals surface area contributed by atoms with Crippen LogP contribution in [0.5, 0.6) is 0 Å². The van der Waals surface area contributed by atoms with Crippen LogP contribution in [-0.4, -0.2) is 23.2 Å². The number of hydrogen-bond donors (Lipinski definition) is 1. The van der Waals surface area contributed by atoms with Gasteiger partial charge in [-0.2, -0.15) is 0 Å². The van der Waals surface area contributed by atoms with Crippen molar-refractivity contribution in [3.63, 3.8) is 0 Å². The van der Waals surface area contributed by atoms with Gasteiger partial charge in [-0.05, 0) is 37.5 Å². The molecule has 2 rings (SSSR count). The number of hydrogen-bond acceptors (Lipinski definition) is 4. The van der Waals surface area contributed by atoms with E-state index in [1.165, 1.54) is 24.2 Å². The Morgan fingerprint density at radius 2 is 2.05 bits per heavy atom. The number of nitrogens with zero attached hydrogens (tertiary/aromatic N) is 1. The van der Waals surface area contributed by atoms with Crippen molar-refractivity contribution >= 4 is 17.3 Å². The molecule has 0 amide bonds. The van der Waals surface area contributed by atoms with Gasteiger partial charge < -0.3 is 9.84 Å². The maximum atomic E-state index is 11.2. The van der Waals surface area contributed by atoms with Crippen LogP contribution in [0.1, 0.15) is 65.8 Å². The molecule has 1 aliphatic rings. The molecule has 5 heteroatoms. The summed E-state index contributed by atoms with van der Waals surface area (Å²) in [6.07, 6.45) is 4.71. The van der Waals surface area contributed by atoms with E-state index in [0.717, 1.165) is 29.7 Å². The van der Waals surface area contributed by atoms with E-state index in [0.29, 0.717) is 16.5 Å². The average molecular weight is 297 g/mol. The second-order valence-electron chi connectivity index (χ2n) is 5.92. The van der Waals surface area contributed by atoms with Crippen LogP contribution in [0.3, 0.4) is 0 Å². The van der Waals surface area contributed by atoms with Crippen LogP contribution in [0, 0.1) is 11.8 Å². The van der Waals surface area contributed by atoms with E-state index in [1.54, 1.807) is 7.11 Å². The summed E-state index contributed by atoms with van der Waals surface area (Å²) in [6, 6.07) is 0. The Labute approximate surface area is 124 Å². The van der Waals surface area contributed by atoms with Crippen molar-refractivity contribution in [3.8, 4) is 0 Å². The van der Waals surface area contributed by atoms with Crippen molar-refractivity contribution in [1.82, 2.24) is 4.98 Å². The molecule has 1 saturated carbocycles. The summed E-state index contributed by atoms with van der Waals surface area (Å²) in [5.74, 6) is 1.09. The molecular formula is C15H23NO3S. The van der Waals surface area contributed by atoms with Gasteiger partial charge in [0.25, 0.3) is 0 Å². The Kier molecular flexibility index (Phi) is 5.16. The molecule has 0 aliphatic heterocycles. The molecule has 0 atom stereocenters. The monoisotopic (exact) mass is 297 g/mol. The van der Waals surface area contributed by atoms with E-state index in [1.807, 2.05) is 0 Å². The zero-order valence-electron chi connectivity index (χ0n) is 12.4. The molecule has 1 aromatic rings. The first-order valence-corrected chi connectivity index (χ1v) is 8.06. The topological polar surface area (TPSA) is 59.4 Å². The van der Waals surface area contributed by atoms with Crippen LogP contribution in [0.15, 0.2) is 0 Å². The average Bonchev–Trinajstić information content (AvgIpc) is 2.83. The number of aromatic carboxylic acids is 1. The molecule has 1 aromatic heterocycles. The molecule has 4 nitrogen and oxygen atoms in total. The van der Waals surface area contributed by atoms with Gasteiger partial charge in [0.15, 0.2) is 0 Å². The van der Waals surface area contributed by atoms with E-state index in [-0.39, 0.29) is 6.61 Å². The van der Waals surface area contributed by atoms with Gasteiger partial charge in [-0.3, -0.25) is 0 Å². The zero-order chi connectivity index (χ0) is 14.7. The van der Waals surface area contributed by atoms with Gasteiger partial charge in [-0.25, -0.2) is 9.78 Å². The first kappa shape index (κ1) is 15.4. The summed E-state index contributed by atoms with van der Waals surface area (Å²) in [6.45, 7) is 4.85. The number of carbonyl (C=O) groups is 1. The summed E-state index contributed by atoms with van der Waals surface area (Å²) in [4.78, 5) is 16.1. The Morgan fingerprint density at radius 1 is 1.40 bits per heavy atom. The Balaban J connectivity index is 2.10. The van der Waals surface area contributed by atoms with Gasteiger partial charge in [-0.15, -0.1) is 11.3 Å². The molecule has 112 valence electrons. The number of aromatic nitrogens is 1. The van der Waals surface area contributed by atoms with Gasteiger partial charge in [0.05, 0.1) is 17.3 Å². The number of thiazole rings is 1. The molecule has 1 aliphatic carbocycles. The molecule has 1 N–H and O–H groups in total. The third-order valence-electron chi connectivity index (χ3n) is 4.25. The lowest BCUT2D eigenvalue weighted by Gasteiger charge is -2.29. The SMILES string of the molecule is COCc1nc(C2CCC(C(C)C)CC2)sc1C(=O)O. The third kappa shape index (κ3) is 3.38. The highest BCUT2D eigenvalue weighted by Crippen LogP contribution is 2.40. The standard InChI is InChI=1S/C15H23NO3S/c1-9(2)10-4-6-11(7-5-10)14-16-12(8-19-3)13(20-14)15(17)18/h9-11H,4-8H2,1-3H3,(H,17,18). The molecular weight excluding hydrogens is 274 g/mol. The Bertz CT molecular complexity index is 462. The molecule has 0 radical (unpaired) electrons. The van der Waals surface area contributed by atoms with Crippen LogP contribution in [0.25, 0.3) is 0 Å². The minimum absolute atomic E-state index is 0.277. The fourth-order valence-electron chi connectivity index (χ4n) is 2.98. The quantitative estimate of drug-likeness (QED) is 0.895. The maximum absolute atomic E-state index is 11.2. The predicted octanol–water partition coefficient (Wildman–Crippen LogP) is 3.92. The van der Waals surface area contributed by atoms with E-state index in [9.17, 15) is 9.90 Å². The fourth-order valence-corrected chi connectivity index (χ4v) is 4.06. The van der Waals surface area contributed by atoms with E-state index >= 15 is 0 Å². The van der Waals surface area contributed by atoms with Crippen LogP contribution >= 0.6 is 11.3 Å². The highest BCUT2D eigenvalue weighted by atomic mass is 32.1. The molecule has 0 spiro atoms. The number of methoxy groups -OCH3 is 1. The van der Waals surface area contributed by atoms with Gasteiger partial charge in [0.2, 0.25) is 0 Å². The van der Waals surface area contributed by atoms with Gasteiger partial charge >= 0.3 is 5.97 Å². The molecule has 1 heterocycles. The van der Waals surface area contributed by atoms with Crippen molar-refractivity contribution in [2.75, 3.05) is 7.11 Å². The maximum Gasteiger partial charge on any atom is 0.347 e. The van der Waals surface area contributed by atoms with Crippen molar-refractivity contribution in [2.24, 2.45) is 11.8 Å². The van der Waals surface area contributed by atoms with Gasteiger partial charge in [-0.1, -0.05) is 13.8 Å². The third-order valence-corrected chi connectivity index (χ3v) is 5.50. The van der Waals surface area contributed by atoms with Crippen LogP contribution in [-0.2, 0) is 11.3 Å². The van der Waals surface area contributed by atoms with Crippen molar-refractivity contribution in [1.29, 1.82) is 0 Å². The Hall–Kier alpha value is -0.940. The Morgan fingerprint density at radius 3 is 2.55 bits per heavy atom.